The lowest BCUT2D eigenvalue weighted by Crippen LogP contribution is -2.17. The summed E-state index contributed by atoms with van der Waals surface area (Å²) >= 11 is 0. The Kier molecular flexibility index (Phi) is 2.79. The molecule has 1 N–H and O–H groups in total. The minimum Gasteiger partial charge on any atom is -0.308 e. The Bertz CT molecular complexity index is 540. The molecule has 1 aliphatic carbocycles. The molecule has 2 aromatic heterocycles. The van der Waals surface area contributed by atoms with E-state index in [2.05, 4.69) is 25.6 Å². The van der Waals surface area contributed by atoms with Crippen LogP contribution < -0.4 is 5.32 Å². The Hall–Kier alpha value is -1.82. The Morgan fingerprint density at radius 3 is 2.67 bits per heavy atom. The van der Waals surface area contributed by atoms with Gasteiger partial charge in [0.25, 0.3) is 0 Å². The van der Waals surface area contributed by atoms with Gasteiger partial charge < -0.3 is 5.32 Å². The second-order valence-electron chi connectivity index (χ2n) is 4.66. The SMILES string of the molecule is Cc1nc(C)n(-c2ccc(CNC3CC3)nn2)n1. The second-order valence-corrected chi connectivity index (χ2v) is 4.66. The fourth-order valence-corrected chi connectivity index (χ4v) is 1.83. The molecule has 2 heterocycles. The van der Waals surface area contributed by atoms with Crippen LogP contribution in [0, 0.1) is 13.8 Å². The van der Waals surface area contributed by atoms with E-state index in [1.54, 1.807) is 4.68 Å². The Labute approximate surface area is 105 Å². The maximum absolute atomic E-state index is 4.28. The van der Waals surface area contributed by atoms with Gasteiger partial charge in [0, 0.05) is 12.6 Å². The summed E-state index contributed by atoms with van der Waals surface area (Å²) in [4.78, 5) is 4.25. The van der Waals surface area contributed by atoms with E-state index in [0.29, 0.717) is 11.9 Å². The average Bonchev–Trinajstić information content (AvgIpc) is 3.13. The van der Waals surface area contributed by atoms with Crippen molar-refractivity contribution in [3.8, 4) is 5.82 Å². The predicted octanol–water partition coefficient (Wildman–Crippen LogP) is 0.926. The topological polar surface area (TPSA) is 68.5 Å². The smallest absolute Gasteiger partial charge is 0.177 e. The molecule has 0 unspecified atom stereocenters. The van der Waals surface area contributed by atoms with Crippen LogP contribution in [0.4, 0.5) is 0 Å². The number of rotatable bonds is 4. The largest absolute Gasteiger partial charge is 0.308 e. The average molecular weight is 244 g/mol. The number of hydrogen-bond acceptors (Lipinski definition) is 5. The summed E-state index contributed by atoms with van der Waals surface area (Å²) < 4.78 is 1.71. The molecular weight excluding hydrogens is 228 g/mol. The molecular formula is C12H16N6. The van der Waals surface area contributed by atoms with Crippen LogP contribution in [0.2, 0.25) is 0 Å². The Balaban J connectivity index is 1.75. The van der Waals surface area contributed by atoms with Gasteiger partial charge in [0.1, 0.15) is 11.6 Å². The lowest BCUT2D eigenvalue weighted by molar-refractivity contribution is 0.660. The summed E-state index contributed by atoms with van der Waals surface area (Å²) in [5.74, 6) is 2.28. The molecule has 2 aromatic rings. The van der Waals surface area contributed by atoms with Gasteiger partial charge in [-0.05, 0) is 38.8 Å². The highest BCUT2D eigenvalue weighted by Crippen LogP contribution is 2.19. The van der Waals surface area contributed by atoms with Gasteiger partial charge in [0.15, 0.2) is 5.82 Å². The minimum absolute atomic E-state index is 0.687. The van der Waals surface area contributed by atoms with Crippen molar-refractivity contribution in [3.63, 3.8) is 0 Å². The first-order valence-electron chi connectivity index (χ1n) is 6.19. The molecule has 94 valence electrons. The van der Waals surface area contributed by atoms with Crippen molar-refractivity contribution < 1.29 is 0 Å². The Morgan fingerprint density at radius 2 is 2.11 bits per heavy atom. The molecule has 3 rings (SSSR count). The molecule has 0 aromatic carbocycles. The number of nitrogens with one attached hydrogen (secondary N) is 1. The van der Waals surface area contributed by atoms with Crippen LogP contribution in [-0.2, 0) is 6.54 Å². The summed E-state index contributed by atoms with van der Waals surface area (Å²) in [6, 6.07) is 4.60. The third-order valence-electron chi connectivity index (χ3n) is 2.95. The summed E-state index contributed by atoms with van der Waals surface area (Å²) in [7, 11) is 0. The molecule has 0 aliphatic heterocycles. The van der Waals surface area contributed by atoms with E-state index in [-0.39, 0.29) is 0 Å². The highest BCUT2D eigenvalue weighted by Gasteiger charge is 2.20. The monoisotopic (exact) mass is 244 g/mol. The molecule has 1 saturated carbocycles. The van der Waals surface area contributed by atoms with Crippen molar-refractivity contribution in [1.29, 1.82) is 0 Å². The highest BCUT2D eigenvalue weighted by molar-refractivity contribution is 5.21. The number of aromatic nitrogens is 5. The maximum atomic E-state index is 4.28. The van der Waals surface area contributed by atoms with Crippen molar-refractivity contribution in [2.24, 2.45) is 0 Å². The van der Waals surface area contributed by atoms with Gasteiger partial charge >= 0.3 is 0 Å². The Morgan fingerprint density at radius 1 is 1.28 bits per heavy atom. The van der Waals surface area contributed by atoms with Crippen LogP contribution in [0.3, 0.4) is 0 Å². The van der Waals surface area contributed by atoms with Crippen molar-refractivity contribution in [1.82, 2.24) is 30.3 Å². The fourth-order valence-electron chi connectivity index (χ4n) is 1.83. The zero-order chi connectivity index (χ0) is 12.5. The van der Waals surface area contributed by atoms with Gasteiger partial charge in [-0.25, -0.2) is 4.98 Å². The molecule has 1 aliphatic rings. The zero-order valence-electron chi connectivity index (χ0n) is 10.6. The first kappa shape index (κ1) is 11.3. The minimum atomic E-state index is 0.687. The lowest BCUT2D eigenvalue weighted by Gasteiger charge is -2.03. The molecule has 18 heavy (non-hydrogen) atoms. The molecule has 0 radical (unpaired) electrons. The van der Waals surface area contributed by atoms with Crippen LogP contribution in [0.1, 0.15) is 30.2 Å². The van der Waals surface area contributed by atoms with Crippen LogP contribution in [-0.4, -0.2) is 31.0 Å². The van der Waals surface area contributed by atoms with Crippen LogP contribution >= 0.6 is 0 Å². The van der Waals surface area contributed by atoms with Gasteiger partial charge in [0.2, 0.25) is 0 Å². The zero-order valence-corrected chi connectivity index (χ0v) is 10.6. The fraction of sp³-hybridized carbons (Fsp3) is 0.500. The van der Waals surface area contributed by atoms with Gasteiger partial charge in [0.05, 0.1) is 5.69 Å². The van der Waals surface area contributed by atoms with E-state index < -0.39 is 0 Å². The standard InChI is InChI=1S/C12H16N6/c1-8-14-9(2)18(17-8)12-6-5-11(15-16-12)7-13-10-3-4-10/h5-6,10,13H,3-4,7H2,1-2H3. The summed E-state index contributed by atoms with van der Waals surface area (Å²) in [6.45, 7) is 4.56. The molecule has 1 fully saturated rings. The molecule has 0 bridgehead atoms. The van der Waals surface area contributed by atoms with Gasteiger partial charge in [-0.3, -0.25) is 0 Å². The van der Waals surface area contributed by atoms with Gasteiger partial charge in [-0.1, -0.05) is 0 Å². The molecule has 0 atom stereocenters. The first-order chi connectivity index (χ1) is 8.72. The highest BCUT2D eigenvalue weighted by atomic mass is 15.4. The lowest BCUT2D eigenvalue weighted by atomic mass is 10.3. The third kappa shape index (κ3) is 2.38. The second kappa shape index (κ2) is 4.45. The normalized spacial score (nSPS) is 15.0. The molecule has 6 nitrogen and oxygen atoms in total. The van der Waals surface area contributed by atoms with E-state index >= 15 is 0 Å². The third-order valence-corrected chi connectivity index (χ3v) is 2.95. The van der Waals surface area contributed by atoms with Crippen molar-refractivity contribution in [3.05, 3.63) is 29.5 Å². The molecule has 0 spiro atoms. The first-order valence-corrected chi connectivity index (χ1v) is 6.19. The van der Waals surface area contributed by atoms with Gasteiger partial charge in [-0.2, -0.15) is 9.78 Å². The number of nitrogens with zero attached hydrogens (tertiary/aromatic N) is 5. The number of aryl methyl sites for hydroxylation is 2. The summed E-state index contributed by atoms with van der Waals surface area (Å²) in [5, 5.41) is 16.1. The van der Waals surface area contributed by atoms with Crippen LogP contribution in [0.5, 0.6) is 0 Å². The van der Waals surface area contributed by atoms with E-state index in [1.165, 1.54) is 12.8 Å². The molecule has 0 saturated heterocycles. The van der Waals surface area contributed by atoms with E-state index in [0.717, 1.165) is 23.9 Å². The maximum Gasteiger partial charge on any atom is 0.177 e. The summed E-state index contributed by atoms with van der Waals surface area (Å²) in [6.07, 6.45) is 2.56. The van der Waals surface area contributed by atoms with Crippen molar-refractivity contribution >= 4 is 0 Å². The quantitative estimate of drug-likeness (QED) is 0.866. The van der Waals surface area contributed by atoms with E-state index in [9.17, 15) is 0 Å². The summed E-state index contributed by atoms with van der Waals surface area (Å²) in [5.41, 5.74) is 0.958. The van der Waals surface area contributed by atoms with E-state index in [4.69, 9.17) is 0 Å². The molecule has 6 heteroatoms. The van der Waals surface area contributed by atoms with Crippen LogP contribution in [0.25, 0.3) is 5.82 Å². The van der Waals surface area contributed by atoms with E-state index in [1.807, 2.05) is 26.0 Å². The van der Waals surface area contributed by atoms with Crippen LogP contribution in [0.15, 0.2) is 12.1 Å². The van der Waals surface area contributed by atoms with Gasteiger partial charge in [-0.15, -0.1) is 10.2 Å². The van der Waals surface area contributed by atoms with Crippen molar-refractivity contribution in [2.45, 2.75) is 39.3 Å². The van der Waals surface area contributed by atoms with Crippen molar-refractivity contribution in [2.75, 3.05) is 0 Å². The number of hydrogen-bond donors (Lipinski definition) is 1. The molecule has 0 amide bonds. The predicted molar refractivity (Wildman–Crippen MR) is 66.3 cm³/mol.